The molecule has 0 aliphatic rings. The van der Waals surface area contributed by atoms with Gasteiger partial charge in [0.25, 0.3) is 0 Å². The molecule has 2 heterocycles. The summed E-state index contributed by atoms with van der Waals surface area (Å²) in [5.74, 6) is -0.515. The van der Waals surface area contributed by atoms with Crippen molar-refractivity contribution in [3.63, 3.8) is 0 Å². The number of carbonyl (C=O) groups is 1. The summed E-state index contributed by atoms with van der Waals surface area (Å²) in [6, 6.07) is 19.2. The highest BCUT2D eigenvalue weighted by molar-refractivity contribution is 6.38. The predicted octanol–water partition coefficient (Wildman–Crippen LogP) is 3.30. The number of benzene rings is 2. The maximum atomic E-state index is 11.4. The summed E-state index contributed by atoms with van der Waals surface area (Å²) >= 11 is 6.71. The van der Waals surface area contributed by atoms with Crippen molar-refractivity contribution < 1.29 is 4.79 Å². The van der Waals surface area contributed by atoms with Crippen molar-refractivity contribution in [3.8, 4) is 22.5 Å². The van der Waals surface area contributed by atoms with Crippen molar-refractivity contribution in [2.24, 2.45) is 5.73 Å². The number of rotatable bonds is 4. The number of primary amides is 1. The lowest BCUT2D eigenvalue weighted by Gasteiger charge is -2.05. The van der Waals surface area contributed by atoms with Gasteiger partial charge in [0.1, 0.15) is 17.9 Å². The molecule has 0 aliphatic heterocycles. The standard InChI is InChI=1S/C19H14ClN5O/c20-16-15-17(12-7-3-1-4-8-12)24-25(11-14(21)26)19(15)23-22-18(16)13-9-5-2-6-10-13/h1-10H,11H2,(H2,21,26). The lowest BCUT2D eigenvalue weighted by molar-refractivity contribution is -0.118. The topological polar surface area (TPSA) is 86.7 Å². The maximum absolute atomic E-state index is 11.4. The summed E-state index contributed by atoms with van der Waals surface area (Å²) in [4.78, 5) is 11.4. The van der Waals surface area contributed by atoms with E-state index in [1.807, 2.05) is 60.7 Å². The second kappa shape index (κ2) is 6.57. The third-order valence-electron chi connectivity index (χ3n) is 4.00. The van der Waals surface area contributed by atoms with Crippen LogP contribution < -0.4 is 5.73 Å². The lowest BCUT2D eigenvalue weighted by Crippen LogP contribution is -2.19. The zero-order valence-corrected chi connectivity index (χ0v) is 14.4. The van der Waals surface area contributed by atoms with Crippen molar-refractivity contribution in [1.29, 1.82) is 0 Å². The van der Waals surface area contributed by atoms with Crippen LogP contribution in [-0.2, 0) is 11.3 Å². The third kappa shape index (κ3) is 2.80. The number of hydrogen-bond donors (Lipinski definition) is 1. The van der Waals surface area contributed by atoms with Crippen LogP contribution in [0.4, 0.5) is 0 Å². The van der Waals surface area contributed by atoms with Crippen molar-refractivity contribution in [1.82, 2.24) is 20.0 Å². The van der Waals surface area contributed by atoms with Crippen molar-refractivity contribution in [2.45, 2.75) is 6.54 Å². The Morgan fingerprint density at radius 3 is 2.08 bits per heavy atom. The number of nitrogens with two attached hydrogens (primary N) is 1. The van der Waals surface area contributed by atoms with Crippen LogP contribution in [0.2, 0.25) is 5.02 Å². The van der Waals surface area contributed by atoms with Gasteiger partial charge in [-0.15, -0.1) is 10.2 Å². The molecule has 0 fully saturated rings. The van der Waals surface area contributed by atoms with Crippen LogP contribution in [0.5, 0.6) is 0 Å². The molecule has 0 saturated carbocycles. The summed E-state index contributed by atoms with van der Waals surface area (Å²) in [6.45, 7) is -0.0982. The number of aromatic nitrogens is 4. The molecular weight excluding hydrogens is 350 g/mol. The molecule has 0 bridgehead atoms. The van der Waals surface area contributed by atoms with Gasteiger partial charge < -0.3 is 5.73 Å². The second-order valence-corrected chi connectivity index (χ2v) is 6.14. The molecule has 0 spiro atoms. The van der Waals surface area contributed by atoms with Crippen LogP contribution in [0, 0.1) is 0 Å². The van der Waals surface area contributed by atoms with E-state index in [2.05, 4.69) is 15.3 Å². The smallest absolute Gasteiger partial charge is 0.239 e. The molecule has 2 aromatic carbocycles. The van der Waals surface area contributed by atoms with Crippen molar-refractivity contribution in [3.05, 3.63) is 65.7 Å². The molecule has 0 atom stereocenters. The van der Waals surface area contributed by atoms with Gasteiger partial charge in [-0.3, -0.25) is 4.79 Å². The summed E-state index contributed by atoms with van der Waals surface area (Å²) in [6.07, 6.45) is 0. The highest BCUT2D eigenvalue weighted by atomic mass is 35.5. The molecule has 0 aliphatic carbocycles. The minimum atomic E-state index is -0.515. The monoisotopic (exact) mass is 363 g/mol. The number of amides is 1. The van der Waals surface area contributed by atoms with E-state index in [4.69, 9.17) is 17.3 Å². The average Bonchev–Trinajstić information content (AvgIpc) is 3.02. The first-order chi connectivity index (χ1) is 12.6. The quantitative estimate of drug-likeness (QED) is 0.602. The first-order valence-electron chi connectivity index (χ1n) is 7.97. The van der Waals surface area contributed by atoms with Crippen LogP contribution in [-0.4, -0.2) is 25.9 Å². The molecule has 0 radical (unpaired) electrons. The molecule has 1 amide bonds. The van der Waals surface area contributed by atoms with E-state index in [9.17, 15) is 4.79 Å². The van der Waals surface area contributed by atoms with Crippen LogP contribution in [0.1, 0.15) is 0 Å². The Kier molecular flexibility index (Phi) is 4.10. The van der Waals surface area contributed by atoms with E-state index in [1.54, 1.807) is 0 Å². The van der Waals surface area contributed by atoms with E-state index < -0.39 is 5.91 Å². The fourth-order valence-electron chi connectivity index (χ4n) is 2.85. The molecule has 2 aromatic heterocycles. The molecule has 0 saturated heterocycles. The number of hydrogen-bond acceptors (Lipinski definition) is 4. The van der Waals surface area contributed by atoms with Gasteiger partial charge >= 0.3 is 0 Å². The number of halogens is 1. The summed E-state index contributed by atoms with van der Waals surface area (Å²) in [5.41, 5.74) is 8.69. The van der Waals surface area contributed by atoms with E-state index in [0.717, 1.165) is 11.1 Å². The zero-order valence-electron chi connectivity index (χ0n) is 13.6. The van der Waals surface area contributed by atoms with Crippen LogP contribution >= 0.6 is 11.6 Å². The SMILES string of the molecule is NC(=O)Cn1nc(-c2ccccc2)c2c(Cl)c(-c3ccccc3)nnc21. The second-order valence-electron chi connectivity index (χ2n) is 5.77. The van der Waals surface area contributed by atoms with Crippen molar-refractivity contribution >= 4 is 28.5 Å². The van der Waals surface area contributed by atoms with Crippen LogP contribution in [0.3, 0.4) is 0 Å². The molecule has 4 rings (SSSR count). The fourth-order valence-corrected chi connectivity index (χ4v) is 3.17. The van der Waals surface area contributed by atoms with E-state index >= 15 is 0 Å². The van der Waals surface area contributed by atoms with E-state index in [1.165, 1.54) is 4.68 Å². The Morgan fingerprint density at radius 1 is 0.923 bits per heavy atom. The van der Waals surface area contributed by atoms with Gasteiger partial charge in [0.2, 0.25) is 5.91 Å². The van der Waals surface area contributed by atoms with Gasteiger partial charge in [0.15, 0.2) is 5.65 Å². The van der Waals surface area contributed by atoms with Crippen LogP contribution in [0.25, 0.3) is 33.5 Å². The van der Waals surface area contributed by atoms with Crippen LogP contribution in [0.15, 0.2) is 60.7 Å². The molecular formula is C19H14ClN5O. The molecule has 6 nitrogen and oxygen atoms in total. The minimum absolute atomic E-state index is 0.0982. The number of carbonyl (C=O) groups excluding carboxylic acids is 1. The molecule has 0 unspecified atom stereocenters. The van der Waals surface area contributed by atoms with Gasteiger partial charge in [-0.2, -0.15) is 5.10 Å². The summed E-state index contributed by atoms with van der Waals surface area (Å²) < 4.78 is 1.44. The first-order valence-corrected chi connectivity index (χ1v) is 8.35. The molecule has 4 aromatic rings. The van der Waals surface area contributed by atoms with E-state index in [-0.39, 0.29) is 6.54 Å². The highest BCUT2D eigenvalue weighted by Gasteiger charge is 2.21. The van der Waals surface area contributed by atoms with Gasteiger partial charge in [-0.1, -0.05) is 72.3 Å². The van der Waals surface area contributed by atoms with Gasteiger partial charge in [0, 0.05) is 11.1 Å². The first kappa shape index (κ1) is 16.2. The van der Waals surface area contributed by atoms with Gasteiger partial charge in [-0.05, 0) is 0 Å². The Balaban J connectivity index is 2.02. The normalized spacial score (nSPS) is 11.0. The zero-order chi connectivity index (χ0) is 18.1. The lowest BCUT2D eigenvalue weighted by atomic mass is 10.1. The molecule has 2 N–H and O–H groups in total. The Morgan fingerprint density at radius 2 is 1.50 bits per heavy atom. The predicted molar refractivity (Wildman–Crippen MR) is 100 cm³/mol. The third-order valence-corrected chi connectivity index (χ3v) is 4.37. The van der Waals surface area contributed by atoms with E-state index in [0.29, 0.717) is 27.4 Å². The Bertz CT molecular complexity index is 1090. The minimum Gasteiger partial charge on any atom is -0.368 e. The summed E-state index contributed by atoms with van der Waals surface area (Å²) in [7, 11) is 0. The van der Waals surface area contributed by atoms with Gasteiger partial charge in [-0.25, -0.2) is 4.68 Å². The summed E-state index contributed by atoms with van der Waals surface area (Å²) in [5, 5.41) is 14.1. The Hall–Kier alpha value is -3.25. The largest absolute Gasteiger partial charge is 0.368 e. The fraction of sp³-hybridized carbons (Fsp3) is 0.0526. The molecule has 7 heteroatoms. The molecule has 26 heavy (non-hydrogen) atoms. The van der Waals surface area contributed by atoms with Crippen molar-refractivity contribution in [2.75, 3.05) is 0 Å². The average molecular weight is 364 g/mol. The van der Waals surface area contributed by atoms with Gasteiger partial charge in [0.05, 0.1) is 10.4 Å². The highest BCUT2D eigenvalue weighted by Crippen LogP contribution is 2.37. The number of nitrogens with zero attached hydrogens (tertiary/aromatic N) is 4. The number of fused-ring (bicyclic) bond motifs is 1. The molecule has 128 valence electrons. The maximum Gasteiger partial charge on any atom is 0.239 e. The Labute approximate surface area is 154 Å².